The van der Waals surface area contributed by atoms with Crippen LogP contribution in [0, 0.1) is 11.8 Å². The third-order valence-electron chi connectivity index (χ3n) is 7.98. The van der Waals surface area contributed by atoms with Crippen LogP contribution in [0.2, 0.25) is 0 Å². The molecule has 1 aliphatic carbocycles. The maximum Gasteiger partial charge on any atom is 0.416 e. The maximum absolute atomic E-state index is 13.5. The second-order valence-corrected chi connectivity index (χ2v) is 10.7. The third kappa shape index (κ3) is 4.35. The summed E-state index contributed by atoms with van der Waals surface area (Å²) in [4.78, 5) is 26.7. The van der Waals surface area contributed by atoms with E-state index in [-0.39, 0.29) is 17.7 Å². The van der Waals surface area contributed by atoms with Crippen LogP contribution in [-0.4, -0.2) is 43.4 Å². The average Bonchev–Trinajstić information content (AvgIpc) is 3.37. The number of fused-ring (bicyclic) bond motifs is 2. The third-order valence-corrected chi connectivity index (χ3v) is 7.98. The van der Waals surface area contributed by atoms with Gasteiger partial charge in [-0.05, 0) is 55.0 Å². The highest BCUT2D eigenvalue weighted by molar-refractivity contribution is 5.95. The Labute approximate surface area is 222 Å². The predicted octanol–water partition coefficient (Wildman–Crippen LogP) is 6.52. The number of hydrogen-bond acceptors (Lipinski definition) is 3. The van der Waals surface area contributed by atoms with E-state index in [1.165, 1.54) is 6.07 Å². The van der Waals surface area contributed by atoms with Crippen LogP contribution in [0.15, 0.2) is 67.1 Å². The summed E-state index contributed by atoms with van der Waals surface area (Å²) in [6.45, 7) is 1.98. The van der Waals surface area contributed by atoms with Crippen LogP contribution < -0.4 is 0 Å². The van der Waals surface area contributed by atoms with Crippen LogP contribution in [0.1, 0.15) is 24.8 Å². The first-order valence-corrected chi connectivity index (χ1v) is 13.2. The Morgan fingerprint density at radius 2 is 1.82 bits per heavy atom. The number of nitrogens with one attached hydrogen (secondary N) is 1. The highest BCUT2D eigenvalue weighted by Crippen LogP contribution is 2.36. The van der Waals surface area contributed by atoms with E-state index in [4.69, 9.17) is 4.98 Å². The minimum absolute atomic E-state index is 0.181. The number of imidazole rings is 1. The molecule has 198 valence electrons. The number of rotatable bonds is 5. The molecule has 0 radical (unpaired) electrons. The van der Waals surface area contributed by atoms with Gasteiger partial charge in [-0.1, -0.05) is 24.3 Å². The molecule has 1 N–H and O–H groups in total. The van der Waals surface area contributed by atoms with Crippen molar-refractivity contribution in [3.05, 3.63) is 72.7 Å². The lowest BCUT2D eigenvalue weighted by Crippen LogP contribution is -2.30. The first-order chi connectivity index (χ1) is 18.8. The van der Waals surface area contributed by atoms with E-state index in [0.29, 0.717) is 29.9 Å². The number of hydrogen-bond donors (Lipinski definition) is 1. The highest BCUT2D eigenvalue weighted by atomic mass is 19.4. The SMILES string of the molecule is O=C(C1CC1)N1CCC(Cn2c(-c3ccc(-c4c[nH]c5ccncc45)cc3)nc3cc(C(F)(F)F)ccc32)C1. The lowest BCUT2D eigenvalue weighted by atomic mass is 10.0. The number of carbonyl (C=O) groups is 1. The van der Waals surface area contributed by atoms with E-state index < -0.39 is 11.7 Å². The number of alkyl halides is 3. The van der Waals surface area contributed by atoms with Crippen molar-refractivity contribution in [2.45, 2.75) is 32.0 Å². The summed E-state index contributed by atoms with van der Waals surface area (Å²) in [6, 6.07) is 13.6. The molecule has 1 atom stereocenters. The molecule has 1 aliphatic heterocycles. The van der Waals surface area contributed by atoms with E-state index >= 15 is 0 Å². The Kier molecular flexibility index (Phi) is 5.50. The van der Waals surface area contributed by atoms with Gasteiger partial charge in [0.05, 0.1) is 16.6 Å². The molecule has 2 fully saturated rings. The number of carbonyl (C=O) groups excluding carboxylic acids is 1. The molecule has 1 saturated carbocycles. The summed E-state index contributed by atoms with van der Waals surface area (Å²) in [5, 5.41) is 1.02. The fraction of sp³-hybridized carbons (Fsp3) is 0.300. The van der Waals surface area contributed by atoms with Crippen molar-refractivity contribution in [1.82, 2.24) is 24.4 Å². The van der Waals surface area contributed by atoms with E-state index in [2.05, 4.69) is 9.97 Å². The number of halogens is 3. The summed E-state index contributed by atoms with van der Waals surface area (Å²) in [6.07, 6.45) is 3.89. The van der Waals surface area contributed by atoms with Crippen LogP contribution in [0.4, 0.5) is 13.2 Å². The monoisotopic (exact) mass is 529 g/mol. The van der Waals surface area contributed by atoms with Gasteiger partial charge in [0.2, 0.25) is 5.91 Å². The minimum atomic E-state index is -4.44. The molecule has 0 spiro atoms. The van der Waals surface area contributed by atoms with Crippen molar-refractivity contribution in [1.29, 1.82) is 0 Å². The molecule has 9 heteroatoms. The summed E-state index contributed by atoms with van der Waals surface area (Å²) < 4.78 is 42.4. The van der Waals surface area contributed by atoms with Crippen LogP contribution >= 0.6 is 0 Å². The largest absolute Gasteiger partial charge is 0.416 e. The van der Waals surface area contributed by atoms with Gasteiger partial charge in [-0.3, -0.25) is 9.78 Å². The molecule has 2 aliphatic rings. The zero-order valence-electron chi connectivity index (χ0n) is 21.1. The van der Waals surface area contributed by atoms with Gasteiger partial charge < -0.3 is 14.5 Å². The minimum Gasteiger partial charge on any atom is -0.360 e. The molecular weight excluding hydrogens is 503 g/mol. The molecule has 0 bridgehead atoms. The summed E-state index contributed by atoms with van der Waals surface area (Å²) in [5.74, 6) is 1.26. The molecule has 1 unspecified atom stereocenters. The average molecular weight is 530 g/mol. The Morgan fingerprint density at radius 1 is 1.03 bits per heavy atom. The zero-order chi connectivity index (χ0) is 26.7. The van der Waals surface area contributed by atoms with Crippen molar-refractivity contribution in [2.75, 3.05) is 13.1 Å². The number of amides is 1. The number of aromatic nitrogens is 4. The topological polar surface area (TPSA) is 66.8 Å². The quantitative estimate of drug-likeness (QED) is 0.282. The van der Waals surface area contributed by atoms with Gasteiger partial charge in [0.25, 0.3) is 0 Å². The van der Waals surface area contributed by atoms with E-state index in [1.807, 2.05) is 52.2 Å². The normalized spacial score (nSPS) is 17.9. The number of benzene rings is 2. The Morgan fingerprint density at radius 3 is 2.59 bits per heavy atom. The fourth-order valence-electron chi connectivity index (χ4n) is 5.74. The number of aromatic amines is 1. The molecule has 1 amide bonds. The lowest BCUT2D eigenvalue weighted by molar-refractivity contribution is -0.137. The molecule has 4 heterocycles. The molecule has 6 nitrogen and oxygen atoms in total. The standard InChI is InChI=1S/C30H26F3N5O/c31-30(32,33)22-7-8-27-26(13-22)36-28(38(27)17-18-10-12-37(16-18)29(39)21-5-6-21)20-3-1-19(2-4-20)23-15-35-25-9-11-34-14-24(23)25/h1-4,7-9,11,13-15,18,21,35H,5-6,10,12,16-17H2. The Bertz CT molecular complexity index is 1700. The Hall–Kier alpha value is -4.14. The van der Waals surface area contributed by atoms with Gasteiger partial charge in [-0.2, -0.15) is 13.2 Å². The van der Waals surface area contributed by atoms with Crippen molar-refractivity contribution in [3.8, 4) is 22.5 Å². The van der Waals surface area contributed by atoms with E-state index in [0.717, 1.165) is 65.5 Å². The Balaban J connectivity index is 1.25. The van der Waals surface area contributed by atoms with Gasteiger partial charge in [0, 0.05) is 66.2 Å². The second kappa shape index (κ2) is 8.97. The maximum atomic E-state index is 13.5. The van der Waals surface area contributed by atoms with Crippen molar-refractivity contribution >= 4 is 27.8 Å². The van der Waals surface area contributed by atoms with Crippen LogP contribution in [0.25, 0.3) is 44.5 Å². The van der Waals surface area contributed by atoms with Crippen molar-refractivity contribution in [2.24, 2.45) is 11.8 Å². The van der Waals surface area contributed by atoms with Crippen molar-refractivity contribution in [3.63, 3.8) is 0 Å². The highest BCUT2D eigenvalue weighted by Gasteiger charge is 2.37. The molecule has 1 saturated heterocycles. The molecule has 2 aromatic carbocycles. The van der Waals surface area contributed by atoms with Gasteiger partial charge in [0.15, 0.2) is 0 Å². The van der Waals surface area contributed by atoms with E-state index in [9.17, 15) is 18.0 Å². The molecule has 7 rings (SSSR count). The predicted molar refractivity (Wildman–Crippen MR) is 143 cm³/mol. The zero-order valence-corrected chi connectivity index (χ0v) is 21.1. The number of likely N-dealkylation sites (tertiary alicyclic amines) is 1. The van der Waals surface area contributed by atoms with Gasteiger partial charge in [-0.15, -0.1) is 0 Å². The number of nitrogens with zero attached hydrogens (tertiary/aromatic N) is 4. The number of H-pyrrole nitrogens is 1. The summed E-state index contributed by atoms with van der Waals surface area (Å²) in [7, 11) is 0. The summed E-state index contributed by atoms with van der Waals surface area (Å²) >= 11 is 0. The molecular formula is C30H26F3N5O. The molecule has 3 aromatic heterocycles. The fourth-order valence-corrected chi connectivity index (χ4v) is 5.74. The lowest BCUT2D eigenvalue weighted by Gasteiger charge is -2.18. The summed E-state index contributed by atoms with van der Waals surface area (Å²) in [5.41, 5.74) is 4.12. The van der Waals surface area contributed by atoms with Gasteiger partial charge >= 0.3 is 6.18 Å². The van der Waals surface area contributed by atoms with Crippen LogP contribution in [0.3, 0.4) is 0 Å². The van der Waals surface area contributed by atoms with Crippen LogP contribution in [-0.2, 0) is 17.5 Å². The van der Waals surface area contributed by atoms with Crippen molar-refractivity contribution < 1.29 is 18.0 Å². The van der Waals surface area contributed by atoms with Gasteiger partial charge in [0.1, 0.15) is 5.82 Å². The smallest absolute Gasteiger partial charge is 0.360 e. The van der Waals surface area contributed by atoms with Crippen LogP contribution in [0.5, 0.6) is 0 Å². The molecule has 5 aromatic rings. The van der Waals surface area contributed by atoms with E-state index in [1.54, 1.807) is 6.20 Å². The first kappa shape index (κ1) is 23.9. The first-order valence-electron chi connectivity index (χ1n) is 13.2. The molecule has 39 heavy (non-hydrogen) atoms. The van der Waals surface area contributed by atoms with Gasteiger partial charge in [-0.25, -0.2) is 4.98 Å². The second-order valence-electron chi connectivity index (χ2n) is 10.7. The number of pyridine rings is 1.